The molecule has 1 aliphatic rings. The lowest BCUT2D eigenvalue weighted by atomic mass is 9.82. The Bertz CT molecular complexity index is 312. The van der Waals surface area contributed by atoms with Crippen LogP contribution in [0.4, 0.5) is 0 Å². The van der Waals surface area contributed by atoms with E-state index in [0.717, 1.165) is 11.1 Å². The Morgan fingerprint density at radius 1 is 1.14 bits per heavy atom. The maximum Gasteiger partial charge on any atom is 0.183 e. The third kappa shape index (κ3) is 2.22. The highest BCUT2D eigenvalue weighted by Gasteiger charge is 2.42. The molecule has 0 bridgehead atoms. The Morgan fingerprint density at radius 2 is 1.50 bits per heavy atom. The van der Waals surface area contributed by atoms with Gasteiger partial charge >= 0.3 is 0 Å². The minimum absolute atomic E-state index is 0.124. The van der Waals surface area contributed by atoms with Crippen LogP contribution in [0.5, 0.6) is 0 Å². The van der Waals surface area contributed by atoms with Crippen molar-refractivity contribution in [2.24, 2.45) is 5.41 Å². The zero-order valence-electron chi connectivity index (χ0n) is 8.20. The van der Waals surface area contributed by atoms with Crippen LogP contribution < -0.4 is 0 Å². The third-order valence-corrected chi connectivity index (χ3v) is 4.92. The summed E-state index contributed by atoms with van der Waals surface area (Å²) in [6.07, 6.45) is 3.92. The van der Waals surface area contributed by atoms with Crippen LogP contribution in [0, 0.1) is 5.41 Å². The zero-order valence-corrected chi connectivity index (χ0v) is 13.0. The number of Topliss-reactive ketones (excluding diaryl/α,β-unsaturated/α-hetero) is 1. The second kappa shape index (κ2) is 3.87. The van der Waals surface area contributed by atoms with Gasteiger partial charge in [0, 0.05) is 5.41 Å². The predicted octanol–water partition coefficient (Wildman–Crippen LogP) is 4.31. The van der Waals surface area contributed by atoms with Crippen LogP contribution >= 0.6 is 47.8 Å². The van der Waals surface area contributed by atoms with Crippen LogP contribution in [0.2, 0.25) is 0 Å². The lowest BCUT2D eigenvalue weighted by Gasteiger charge is -2.35. The monoisotopic (exact) mass is 384 g/mol. The lowest BCUT2D eigenvalue weighted by Crippen LogP contribution is -2.31. The van der Waals surface area contributed by atoms with Gasteiger partial charge in [0.15, 0.2) is 5.78 Å². The van der Waals surface area contributed by atoms with E-state index in [4.69, 9.17) is 0 Å². The van der Waals surface area contributed by atoms with E-state index in [1.54, 1.807) is 0 Å². The van der Waals surface area contributed by atoms with E-state index < -0.39 is 2.14 Å². The van der Waals surface area contributed by atoms with Gasteiger partial charge in [0.1, 0.15) is 2.14 Å². The molecule has 0 aromatic heterocycles. The van der Waals surface area contributed by atoms with Gasteiger partial charge in [-0.05, 0) is 31.9 Å². The van der Waals surface area contributed by atoms with Crippen LogP contribution in [-0.2, 0) is 4.79 Å². The Morgan fingerprint density at radius 3 is 1.79 bits per heavy atom. The lowest BCUT2D eigenvalue weighted by molar-refractivity contribution is -0.112. The topological polar surface area (TPSA) is 17.1 Å². The second-order valence-electron chi connectivity index (χ2n) is 3.76. The third-order valence-electron chi connectivity index (χ3n) is 2.36. The minimum Gasteiger partial charge on any atom is -0.289 e. The first-order valence-corrected chi connectivity index (χ1v) is 6.55. The van der Waals surface area contributed by atoms with E-state index in [1.807, 2.05) is 32.9 Å². The fourth-order valence-electron chi connectivity index (χ4n) is 1.55. The van der Waals surface area contributed by atoms with E-state index in [0.29, 0.717) is 0 Å². The number of carbonyl (C=O) groups excluding carboxylic acids is 1. The molecule has 0 aliphatic heterocycles. The summed E-state index contributed by atoms with van der Waals surface area (Å²) in [7, 11) is 0. The molecule has 1 aliphatic carbocycles. The van der Waals surface area contributed by atoms with Gasteiger partial charge < -0.3 is 0 Å². The number of carbonyl (C=O) groups is 1. The smallest absolute Gasteiger partial charge is 0.183 e. The maximum atomic E-state index is 11.6. The van der Waals surface area contributed by atoms with Gasteiger partial charge in [-0.25, -0.2) is 0 Å². The Balaban J connectivity index is 3.23. The molecule has 0 saturated heterocycles. The summed E-state index contributed by atoms with van der Waals surface area (Å²) in [4.78, 5) is 11.6. The van der Waals surface area contributed by atoms with Crippen molar-refractivity contribution < 1.29 is 4.79 Å². The van der Waals surface area contributed by atoms with E-state index in [2.05, 4.69) is 47.8 Å². The van der Waals surface area contributed by atoms with Gasteiger partial charge in [0.05, 0.1) is 0 Å². The first-order chi connectivity index (χ1) is 6.17. The first-order valence-electron chi connectivity index (χ1n) is 4.18. The molecule has 0 aromatic rings. The molecule has 0 unspecified atom stereocenters. The number of hydrogen-bond donors (Lipinski definition) is 0. The van der Waals surface area contributed by atoms with E-state index in [1.165, 1.54) is 0 Å². The summed E-state index contributed by atoms with van der Waals surface area (Å²) in [5.74, 6) is 0.124. The summed E-state index contributed by atoms with van der Waals surface area (Å²) in [5.41, 5.74) is 1.32. The quantitative estimate of drug-likeness (QED) is 0.567. The standard InChI is InChI=1S/C10H11Br3O/c1-6-4-9(3,10(11,12)13)5-7(2)8(6)14/h4-5H,1-3H3. The van der Waals surface area contributed by atoms with Crippen LogP contribution in [0.15, 0.2) is 23.3 Å². The minimum atomic E-state index is -0.413. The molecular weight excluding hydrogens is 376 g/mol. The second-order valence-corrected chi connectivity index (χ2v) is 10.5. The molecule has 14 heavy (non-hydrogen) atoms. The molecule has 0 fully saturated rings. The molecule has 0 heterocycles. The molecule has 0 aromatic carbocycles. The van der Waals surface area contributed by atoms with Crippen molar-refractivity contribution in [3.8, 4) is 0 Å². The molecule has 0 N–H and O–H groups in total. The molecule has 0 amide bonds. The summed E-state index contributed by atoms with van der Waals surface area (Å²) >= 11 is 10.5. The first kappa shape index (κ1) is 12.7. The Hall–Kier alpha value is 0.590. The largest absolute Gasteiger partial charge is 0.289 e. The van der Waals surface area contributed by atoms with Crippen molar-refractivity contribution in [2.45, 2.75) is 22.9 Å². The molecular formula is C10H11Br3O. The van der Waals surface area contributed by atoms with Crippen molar-refractivity contribution in [1.29, 1.82) is 0 Å². The maximum absolute atomic E-state index is 11.6. The molecule has 0 atom stereocenters. The summed E-state index contributed by atoms with van der Waals surface area (Å²) in [5, 5.41) is 0. The molecule has 0 spiro atoms. The number of ketones is 1. The van der Waals surface area contributed by atoms with E-state index >= 15 is 0 Å². The van der Waals surface area contributed by atoms with Crippen molar-refractivity contribution in [3.05, 3.63) is 23.3 Å². The fourth-order valence-corrected chi connectivity index (χ4v) is 2.23. The van der Waals surface area contributed by atoms with Crippen LogP contribution in [0.3, 0.4) is 0 Å². The summed E-state index contributed by atoms with van der Waals surface area (Å²) in [6, 6.07) is 0. The average Bonchev–Trinajstić information content (AvgIpc) is 1.98. The highest BCUT2D eigenvalue weighted by atomic mass is 80.0. The number of halogens is 3. The SMILES string of the molecule is CC1=CC(C)(C(Br)(Br)Br)C=C(C)C1=O. The number of allylic oxidation sites excluding steroid dienone is 4. The highest BCUT2D eigenvalue weighted by Crippen LogP contribution is 2.53. The van der Waals surface area contributed by atoms with E-state index in [-0.39, 0.29) is 11.2 Å². The fraction of sp³-hybridized carbons (Fsp3) is 0.500. The average molecular weight is 387 g/mol. The molecule has 4 heteroatoms. The molecule has 1 rings (SSSR count). The molecule has 0 radical (unpaired) electrons. The van der Waals surface area contributed by atoms with Crippen molar-refractivity contribution in [2.75, 3.05) is 0 Å². The summed E-state index contributed by atoms with van der Waals surface area (Å²) < 4.78 is -0.413. The Labute approximate surface area is 109 Å². The van der Waals surface area contributed by atoms with Gasteiger partial charge in [0.2, 0.25) is 0 Å². The summed E-state index contributed by atoms with van der Waals surface area (Å²) in [6.45, 7) is 5.73. The van der Waals surface area contributed by atoms with Crippen LogP contribution in [0.1, 0.15) is 20.8 Å². The normalized spacial score (nSPS) is 21.7. The van der Waals surface area contributed by atoms with Crippen LogP contribution in [0.25, 0.3) is 0 Å². The van der Waals surface area contributed by atoms with Crippen molar-refractivity contribution >= 4 is 53.6 Å². The van der Waals surface area contributed by atoms with Gasteiger partial charge in [-0.3, -0.25) is 4.79 Å². The highest BCUT2D eigenvalue weighted by molar-refractivity contribution is 9.39. The van der Waals surface area contributed by atoms with Crippen molar-refractivity contribution in [3.63, 3.8) is 0 Å². The molecule has 78 valence electrons. The van der Waals surface area contributed by atoms with Crippen LogP contribution in [-0.4, -0.2) is 7.93 Å². The Kier molecular flexibility index (Phi) is 3.50. The van der Waals surface area contributed by atoms with Gasteiger partial charge in [-0.1, -0.05) is 59.9 Å². The van der Waals surface area contributed by atoms with Gasteiger partial charge in [0.25, 0.3) is 0 Å². The number of hydrogen-bond acceptors (Lipinski definition) is 1. The number of rotatable bonds is 0. The van der Waals surface area contributed by atoms with E-state index in [9.17, 15) is 4.79 Å². The predicted molar refractivity (Wildman–Crippen MR) is 70.1 cm³/mol. The number of alkyl halides is 3. The zero-order chi connectivity index (χ0) is 11.1. The molecule has 1 nitrogen and oxygen atoms in total. The van der Waals surface area contributed by atoms with Gasteiger partial charge in [-0.15, -0.1) is 0 Å². The molecule has 0 saturated carbocycles. The van der Waals surface area contributed by atoms with Crippen molar-refractivity contribution in [1.82, 2.24) is 0 Å². The van der Waals surface area contributed by atoms with Gasteiger partial charge in [-0.2, -0.15) is 0 Å².